The van der Waals surface area contributed by atoms with Crippen LogP contribution in [0.2, 0.25) is 0 Å². The monoisotopic (exact) mass is 404 g/mol. The number of hydrogen-bond acceptors (Lipinski definition) is 5. The van der Waals surface area contributed by atoms with Gasteiger partial charge < -0.3 is 9.80 Å². The van der Waals surface area contributed by atoms with E-state index in [-0.39, 0.29) is 11.8 Å². The molecule has 154 valence electrons. The minimum atomic E-state index is -0.0905. The zero-order valence-electron chi connectivity index (χ0n) is 16.8. The summed E-state index contributed by atoms with van der Waals surface area (Å²) in [6.45, 7) is 3.32. The summed E-state index contributed by atoms with van der Waals surface area (Å²) >= 11 is 0. The summed E-state index contributed by atoms with van der Waals surface area (Å²) in [5, 5.41) is 9.53. The van der Waals surface area contributed by atoms with Gasteiger partial charge in [-0.1, -0.05) is 29.5 Å². The molecule has 0 bridgehead atoms. The highest BCUT2D eigenvalue weighted by atomic mass is 16.2. The van der Waals surface area contributed by atoms with Crippen molar-refractivity contribution >= 4 is 22.7 Å². The van der Waals surface area contributed by atoms with Gasteiger partial charge in [0, 0.05) is 37.9 Å². The molecule has 0 N–H and O–H groups in total. The number of carbonyl (C=O) groups excluding carboxylic acids is 2. The van der Waals surface area contributed by atoms with Crippen LogP contribution in [0.4, 0.5) is 0 Å². The molecule has 1 fully saturated rings. The number of para-hydroxylation sites is 1. The van der Waals surface area contributed by atoms with Gasteiger partial charge in [-0.25, -0.2) is 9.67 Å². The Balaban J connectivity index is 1.29. The van der Waals surface area contributed by atoms with Crippen molar-refractivity contribution in [3.8, 4) is 0 Å². The lowest BCUT2D eigenvalue weighted by atomic mass is 10.1. The molecule has 0 atom stereocenters. The predicted molar refractivity (Wildman–Crippen MR) is 111 cm³/mol. The highest BCUT2D eigenvalue weighted by Gasteiger charge is 2.27. The molecule has 0 unspecified atom stereocenters. The average molecular weight is 404 g/mol. The van der Waals surface area contributed by atoms with E-state index in [1.165, 1.54) is 0 Å². The highest BCUT2D eigenvalue weighted by molar-refractivity contribution is 5.95. The van der Waals surface area contributed by atoms with Gasteiger partial charge in [-0.3, -0.25) is 9.59 Å². The van der Waals surface area contributed by atoms with Crippen LogP contribution in [0.1, 0.15) is 41.1 Å². The molecule has 2 aliphatic rings. The zero-order valence-corrected chi connectivity index (χ0v) is 16.8. The number of fused-ring (bicyclic) bond motifs is 2. The molecule has 2 aliphatic heterocycles. The van der Waals surface area contributed by atoms with Crippen LogP contribution in [-0.4, -0.2) is 61.2 Å². The van der Waals surface area contributed by atoms with Gasteiger partial charge in [0.1, 0.15) is 5.69 Å². The van der Waals surface area contributed by atoms with Crippen LogP contribution in [0, 0.1) is 0 Å². The van der Waals surface area contributed by atoms with Gasteiger partial charge in [-0.15, -0.1) is 5.10 Å². The zero-order chi connectivity index (χ0) is 20.5. The van der Waals surface area contributed by atoms with Crippen molar-refractivity contribution in [2.24, 2.45) is 0 Å². The number of amides is 2. The van der Waals surface area contributed by atoms with Crippen molar-refractivity contribution in [2.75, 3.05) is 19.6 Å². The summed E-state index contributed by atoms with van der Waals surface area (Å²) in [4.78, 5) is 33.7. The first-order chi connectivity index (χ1) is 14.7. The fraction of sp³-hybridized carbons (Fsp3) is 0.409. The SMILES string of the molecule is O=C(CCc1nnn2c1CN(C(=O)c1ccc3ccccc3n1)CC2)N1CCCC1. The third kappa shape index (κ3) is 3.53. The van der Waals surface area contributed by atoms with Gasteiger partial charge in [0.15, 0.2) is 0 Å². The van der Waals surface area contributed by atoms with Crippen molar-refractivity contribution in [3.05, 3.63) is 53.5 Å². The summed E-state index contributed by atoms with van der Waals surface area (Å²) in [6.07, 6.45) is 3.17. The molecule has 0 saturated carbocycles. The summed E-state index contributed by atoms with van der Waals surface area (Å²) < 4.78 is 1.85. The number of likely N-dealkylation sites (tertiary alicyclic amines) is 1. The van der Waals surface area contributed by atoms with E-state index in [1.807, 2.05) is 39.9 Å². The quantitative estimate of drug-likeness (QED) is 0.664. The van der Waals surface area contributed by atoms with E-state index in [1.54, 1.807) is 11.0 Å². The first kappa shape index (κ1) is 18.7. The van der Waals surface area contributed by atoms with Gasteiger partial charge in [-0.2, -0.15) is 0 Å². The van der Waals surface area contributed by atoms with Gasteiger partial charge >= 0.3 is 0 Å². The molecule has 8 nitrogen and oxygen atoms in total. The van der Waals surface area contributed by atoms with E-state index in [0.29, 0.717) is 38.2 Å². The molecule has 0 radical (unpaired) electrons. The minimum absolute atomic E-state index is 0.0905. The average Bonchev–Trinajstić information content (AvgIpc) is 3.46. The van der Waals surface area contributed by atoms with Crippen molar-refractivity contribution in [3.63, 3.8) is 0 Å². The van der Waals surface area contributed by atoms with E-state index in [2.05, 4.69) is 15.3 Å². The molecule has 1 aromatic carbocycles. The molecule has 4 heterocycles. The first-order valence-electron chi connectivity index (χ1n) is 10.5. The minimum Gasteiger partial charge on any atom is -0.343 e. The first-order valence-corrected chi connectivity index (χ1v) is 10.5. The maximum absolute atomic E-state index is 13.1. The van der Waals surface area contributed by atoms with Gasteiger partial charge in [0.05, 0.1) is 30.0 Å². The van der Waals surface area contributed by atoms with E-state index in [4.69, 9.17) is 0 Å². The number of aryl methyl sites for hydroxylation is 1. The third-order valence-corrected chi connectivity index (χ3v) is 5.98. The fourth-order valence-corrected chi connectivity index (χ4v) is 4.26. The second kappa shape index (κ2) is 7.85. The number of carbonyl (C=O) groups is 2. The van der Waals surface area contributed by atoms with E-state index >= 15 is 0 Å². The topological polar surface area (TPSA) is 84.2 Å². The van der Waals surface area contributed by atoms with Crippen LogP contribution in [0.5, 0.6) is 0 Å². The molecule has 0 aliphatic carbocycles. The second-order valence-corrected chi connectivity index (χ2v) is 7.91. The molecule has 0 spiro atoms. The van der Waals surface area contributed by atoms with Crippen LogP contribution in [0.15, 0.2) is 36.4 Å². The number of aromatic nitrogens is 4. The van der Waals surface area contributed by atoms with Gasteiger partial charge in [0.25, 0.3) is 5.91 Å². The molecule has 1 saturated heterocycles. The van der Waals surface area contributed by atoms with Crippen molar-refractivity contribution < 1.29 is 9.59 Å². The van der Waals surface area contributed by atoms with Crippen molar-refractivity contribution in [2.45, 2.75) is 38.8 Å². The summed E-state index contributed by atoms with van der Waals surface area (Å²) in [5.74, 6) is 0.0886. The molecule has 2 amide bonds. The Hall–Kier alpha value is -3.29. The fourth-order valence-electron chi connectivity index (χ4n) is 4.26. The largest absolute Gasteiger partial charge is 0.343 e. The van der Waals surface area contributed by atoms with E-state index in [0.717, 1.165) is 48.2 Å². The Morgan fingerprint density at radius 1 is 0.933 bits per heavy atom. The normalized spacial score (nSPS) is 16.1. The number of nitrogens with zero attached hydrogens (tertiary/aromatic N) is 6. The molecule has 2 aromatic heterocycles. The lowest BCUT2D eigenvalue weighted by Gasteiger charge is -2.27. The third-order valence-electron chi connectivity index (χ3n) is 5.98. The predicted octanol–water partition coefficient (Wildman–Crippen LogP) is 2.04. The van der Waals surface area contributed by atoms with Gasteiger partial charge in [0.2, 0.25) is 5.91 Å². The van der Waals surface area contributed by atoms with Crippen LogP contribution in [0.25, 0.3) is 10.9 Å². The Morgan fingerprint density at radius 2 is 1.77 bits per heavy atom. The van der Waals surface area contributed by atoms with Crippen LogP contribution < -0.4 is 0 Å². The molecular weight excluding hydrogens is 380 g/mol. The molecule has 8 heteroatoms. The standard InChI is InChI=1S/C22H24N6O2/c29-21(26-11-3-4-12-26)10-9-18-20-15-27(13-14-28(20)25-24-18)22(30)19-8-7-16-5-1-2-6-17(16)23-19/h1-2,5-8H,3-4,9-15H2. The number of hydrogen-bond donors (Lipinski definition) is 0. The Kier molecular flexibility index (Phi) is 4.90. The summed E-state index contributed by atoms with van der Waals surface area (Å²) in [5.41, 5.74) is 2.99. The van der Waals surface area contributed by atoms with Crippen molar-refractivity contribution in [1.82, 2.24) is 29.8 Å². The van der Waals surface area contributed by atoms with Crippen LogP contribution >= 0.6 is 0 Å². The number of benzene rings is 1. The van der Waals surface area contributed by atoms with E-state index < -0.39 is 0 Å². The van der Waals surface area contributed by atoms with Crippen LogP contribution in [-0.2, 0) is 24.3 Å². The van der Waals surface area contributed by atoms with Crippen LogP contribution in [0.3, 0.4) is 0 Å². The molecular formula is C22H24N6O2. The Bertz CT molecular complexity index is 1100. The highest BCUT2D eigenvalue weighted by Crippen LogP contribution is 2.20. The number of rotatable bonds is 4. The second-order valence-electron chi connectivity index (χ2n) is 7.91. The smallest absolute Gasteiger partial charge is 0.272 e. The maximum atomic E-state index is 13.1. The van der Waals surface area contributed by atoms with E-state index in [9.17, 15) is 9.59 Å². The van der Waals surface area contributed by atoms with Crippen molar-refractivity contribution in [1.29, 1.82) is 0 Å². The Morgan fingerprint density at radius 3 is 2.63 bits per heavy atom. The lowest BCUT2D eigenvalue weighted by molar-refractivity contribution is -0.130. The summed E-state index contributed by atoms with van der Waals surface area (Å²) in [7, 11) is 0. The maximum Gasteiger partial charge on any atom is 0.272 e. The lowest BCUT2D eigenvalue weighted by Crippen LogP contribution is -2.39. The molecule has 30 heavy (non-hydrogen) atoms. The van der Waals surface area contributed by atoms with Gasteiger partial charge in [-0.05, 0) is 25.0 Å². The molecule has 3 aromatic rings. The summed E-state index contributed by atoms with van der Waals surface area (Å²) in [6, 6.07) is 11.5. The number of pyridine rings is 1. The Labute approximate surface area is 174 Å². The molecule has 5 rings (SSSR count).